The van der Waals surface area contributed by atoms with Gasteiger partial charge in [0, 0.05) is 27.6 Å². The fraction of sp³-hybridized carbons (Fsp3) is 0.143. The summed E-state index contributed by atoms with van der Waals surface area (Å²) in [6, 6.07) is 9.24. The highest BCUT2D eigenvalue weighted by atomic mass is 35.5. The van der Waals surface area contributed by atoms with Crippen molar-refractivity contribution in [1.82, 2.24) is 0 Å². The Balaban J connectivity index is 2.23. The maximum Gasteiger partial charge on any atom is 0.130 e. The number of rotatable bonds is 1. The van der Waals surface area contributed by atoms with E-state index >= 15 is 0 Å². The highest BCUT2D eigenvalue weighted by Crippen LogP contribution is 2.42. The molecule has 0 unspecified atom stereocenters. The Hall–Kier alpha value is -0.890. The summed E-state index contributed by atoms with van der Waals surface area (Å²) in [7, 11) is 0. The molecule has 0 saturated heterocycles. The van der Waals surface area contributed by atoms with Gasteiger partial charge in [0.05, 0.1) is 11.6 Å². The van der Waals surface area contributed by atoms with Crippen LogP contribution in [0.4, 0.5) is 0 Å². The molecule has 92 valence electrons. The molecule has 1 aliphatic heterocycles. The molecule has 18 heavy (non-hydrogen) atoms. The van der Waals surface area contributed by atoms with Crippen LogP contribution in [-0.4, -0.2) is 6.61 Å². The van der Waals surface area contributed by atoms with Gasteiger partial charge in [0.25, 0.3) is 0 Å². The number of halogens is 3. The van der Waals surface area contributed by atoms with Gasteiger partial charge in [-0.1, -0.05) is 40.9 Å². The lowest BCUT2D eigenvalue weighted by atomic mass is 10.0. The number of ether oxygens (including phenoxy) is 1. The van der Waals surface area contributed by atoms with Gasteiger partial charge >= 0.3 is 0 Å². The van der Waals surface area contributed by atoms with E-state index in [0.29, 0.717) is 21.7 Å². The van der Waals surface area contributed by atoms with Gasteiger partial charge in [-0.3, -0.25) is 0 Å². The van der Waals surface area contributed by atoms with E-state index in [2.05, 4.69) is 0 Å². The molecule has 1 aliphatic rings. The van der Waals surface area contributed by atoms with E-state index < -0.39 is 0 Å². The van der Waals surface area contributed by atoms with Gasteiger partial charge in [-0.15, -0.1) is 0 Å². The van der Waals surface area contributed by atoms with Crippen molar-refractivity contribution >= 4 is 34.8 Å². The first kappa shape index (κ1) is 12.2. The van der Waals surface area contributed by atoms with Crippen molar-refractivity contribution in [3.63, 3.8) is 0 Å². The van der Waals surface area contributed by atoms with Crippen molar-refractivity contribution < 1.29 is 4.74 Å². The molecule has 0 amide bonds. The van der Waals surface area contributed by atoms with E-state index in [-0.39, 0.29) is 0 Å². The molecule has 4 heteroatoms. The highest BCUT2D eigenvalue weighted by molar-refractivity contribution is 6.36. The number of benzene rings is 2. The fourth-order valence-corrected chi connectivity index (χ4v) is 2.93. The zero-order chi connectivity index (χ0) is 12.7. The summed E-state index contributed by atoms with van der Waals surface area (Å²) in [5, 5.41) is 1.91. The number of hydrogen-bond donors (Lipinski definition) is 0. The minimum Gasteiger partial charge on any atom is -0.492 e. The Labute approximate surface area is 120 Å². The van der Waals surface area contributed by atoms with Gasteiger partial charge in [0.2, 0.25) is 0 Å². The second kappa shape index (κ2) is 4.65. The minimum absolute atomic E-state index is 0.600. The Morgan fingerprint density at radius 1 is 0.889 bits per heavy atom. The maximum absolute atomic E-state index is 6.23. The zero-order valence-electron chi connectivity index (χ0n) is 9.34. The molecule has 0 bridgehead atoms. The third-order valence-corrected chi connectivity index (χ3v) is 3.74. The van der Waals surface area contributed by atoms with Gasteiger partial charge < -0.3 is 4.74 Å². The van der Waals surface area contributed by atoms with Crippen LogP contribution in [-0.2, 0) is 6.42 Å². The standard InChI is InChI=1S/C14H9Cl3O/c15-9-1-2-11(13(17)7-9)12-6-10(16)5-8-3-4-18-14(8)12/h1-2,5-7H,3-4H2. The highest BCUT2D eigenvalue weighted by Gasteiger charge is 2.20. The van der Waals surface area contributed by atoms with Gasteiger partial charge in [0.15, 0.2) is 0 Å². The van der Waals surface area contributed by atoms with Crippen molar-refractivity contribution in [2.45, 2.75) is 6.42 Å². The summed E-state index contributed by atoms with van der Waals surface area (Å²) in [5.74, 6) is 0.878. The van der Waals surface area contributed by atoms with Crippen molar-refractivity contribution in [3.05, 3.63) is 51.0 Å². The molecule has 0 aromatic heterocycles. The SMILES string of the molecule is Clc1ccc(-c2cc(Cl)cc3c2OCC3)c(Cl)c1. The van der Waals surface area contributed by atoms with Crippen LogP contribution >= 0.6 is 34.8 Å². The van der Waals surface area contributed by atoms with Crippen molar-refractivity contribution in [3.8, 4) is 16.9 Å². The molecule has 3 rings (SSSR count). The van der Waals surface area contributed by atoms with E-state index in [1.165, 1.54) is 0 Å². The molecule has 2 aromatic carbocycles. The molecular formula is C14H9Cl3O. The lowest BCUT2D eigenvalue weighted by Crippen LogP contribution is -1.89. The summed E-state index contributed by atoms with van der Waals surface area (Å²) in [4.78, 5) is 0. The van der Waals surface area contributed by atoms with Crippen LogP contribution in [0.2, 0.25) is 15.1 Å². The molecule has 0 spiro atoms. The average Bonchev–Trinajstić information content (AvgIpc) is 2.76. The van der Waals surface area contributed by atoms with E-state index in [4.69, 9.17) is 39.5 Å². The van der Waals surface area contributed by atoms with Crippen LogP contribution in [0.15, 0.2) is 30.3 Å². The van der Waals surface area contributed by atoms with Crippen LogP contribution in [0.3, 0.4) is 0 Å². The summed E-state index contributed by atoms with van der Waals surface area (Å²) >= 11 is 18.3. The Morgan fingerprint density at radius 3 is 2.50 bits per heavy atom. The van der Waals surface area contributed by atoms with Gasteiger partial charge in [0.1, 0.15) is 5.75 Å². The monoisotopic (exact) mass is 298 g/mol. The van der Waals surface area contributed by atoms with Crippen LogP contribution in [0, 0.1) is 0 Å². The van der Waals surface area contributed by atoms with Crippen molar-refractivity contribution in [2.75, 3.05) is 6.61 Å². The number of fused-ring (bicyclic) bond motifs is 1. The Morgan fingerprint density at radius 2 is 1.72 bits per heavy atom. The third-order valence-electron chi connectivity index (χ3n) is 2.97. The quantitative estimate of drug-likeness (QED) is 0.699. The molecule has 0 radical (unpaired) electrons. The molecule has 1 nitrogen and oxygen atoms in total. The average molecular weight is 300 g/mol. The molecule has 0 N–H and O–H groups in total. The smallest absolute Gasteiger partial charge is 0.130 e. The third kappa shape index (κ3) is 2.07. The van der Waals surface area contributed by atoms with E-state index in [9.17, 15) is 0 Å². The fourth-order valence-electron chi connectivity index (χ4n) is 2.18. The molecular weight excluding hydrogens is 291 g/mol. The Kier molecular flexibility index (Phi) is 3.14. The summed E-state index contributed by atoms with van der Waals surface area (Å²) < 4.78 is 5.67. The van der Waals surface area contributed by atoms with E-state index in [1.54, 1.807) is 6.07 Å². The van der Waals surface area contributed by atoms with Crippen molar-refractivity contribution in [2.24, 2.45) is 0 Å². The minimum atomic E-state index is 0.600. The van der Waals surface area contributed by atoms with Crippen LogP contribution in [0.5, 0.6) is 5.75 Å². The lowest BCUT2D eigenvalue weighted by Gasteiger charge is -2.11. The van der Waals surface area contributed by atoms with Crippen LogP contribution in [0.25, 0.3) is 11.1 Å². The molecule has 0 atom stereocenters. The zero-order valence-corrected chi connectivity index (χ0v) is 11.6. The summed E-state index contributed by atoms with van der Waals surface area (Å²) in [5.41, 5.74) is 2.95. The van der Waals surface area contributed by atoms with E-state index in [0.717, 1.165) is 28.9 Å². The summed E-state index contributed by atoms with van der Waals surface area (Å²) in [6.07, 6.45) is 0.883. The summed E-state index contributed by atoms with van der Waals surface area (Å²) in [6.45, 7) is 0.688. The normalized spacial score (nSPS) is 13.3. The lowest BCUT2D eigenvalue weighted by molar-refractivity contribution is 0.358. The maximum atomic E-state index is 6.23. The molecule has 0 fully saturated rings. The first-order valence-corrected chi connectivity index (χ1v) is 6.69. The molecule has 0 saturated carbocycles. The molecule has 0 aliphatic carbocycles. The topological polar surface area (TPSA) is 9.23 Å². The number of hydrogen-bond acceptors (Lipinski definition) is 1. The van der Waals surface area contributed by atoms with E-state index in [1.807, 2.05) is 24.3 Å². The second-order valence-electron chi connectivity index (χ2n) is 4.16. The van der Waals surface area contributed by atoms with Gasteiger partial charge in [-0.05, 0) is 29.8 Å². The van der Waals surface area contributed by atoms with Gasteiger partial charge in [-0.2, -0.15) is 0 Å². The largest absolute Gasteiger partial charge is 0.492 e. The predicted octanol–water partition coefficient (Wildman–Crippen LogP) is 5.25. The molecule has 2 aromatic rings. The van der Waals surface area contributed by atoms with Gasteiger partial charge in [-0.25, -0.2) is 0 Å². The first-order chi connectivity index (χ1) is 8.65. The predicted molar refractivity (Wildman–Crippen MR) is 76.1 cm³/mol. The van der Waals surface area contributed by atoms with Crippen LogP contribution in [0.1, 0.15) is 5.56 Å². The Bertz CT molecular complexity index is 623. The van der Waals surface area contributed by atoms with Crippen LogP contribution < -0.4 is 4.74 Å². The van der Waals surface area contributed by atoms with Crippen molar-refractivity contribution in [1.29, 1.82) is 0 Å². The second-order valence-corrected chi connectivity index (χ2v) is 5.44. The first-order valence-electron chi connectivity index (χ1n) is 5.56. The molecule has 1 heterocycles.